The number of rotatable bonds is 4. The van der Waals surface area contributed by atoms with Crippen LogP contribution in [0.4, 0.5) is 17.1 Å². The SMILES string of the molecule is O=C(NC(=S)Nc1cccc2c(O)cccc12)c1cc([N+](=O)[O-])ccc1N1CCOCC1. The number of nitro benzene ring substituents is 1. The van der Waals surface area contributed by atoms with E-state index in [1.165, 1.54) is 12.1 Å². The van der Waals surface area contributed by atoms with Crippen LogP contribution in [-0.2, 0) is 4.74 Å². The van der Waals surface area contributed by atoms with Crippen LogP contribution in [0, 0.1) is 10.1 Å². The van der Waals surface area contributed by atoms with Gasteiger partial charge in [0, 0.05) is 41.7 Å². The number of phenols is 1. The van der Waals surface area contributed by atoms with Crippen LogP contribution in [0.25, 0.3) is 10.8 Å². The van der Waals surface area contributed by atoms with Gasteiger partial charge in [-0.3, -0.25) is 20.2 Å². The van der Waals surface area contributed by atoms with Crippen LogP contribution in [0.15, 0.2) is 54.6 Å². The third-order valence-corrected chi connectivity index (χ3v) is 5.37. The average molecular weight is 452 g/mol. The number of thiocarbonyl (C=S) groups is 1. The van der Waals surface area contributed by atoms with Crippen LogP contribution in [0.2, 0.25) is 0 Å². The summed E-state index contributed by atoms with van der Waals surface area (Å²) in [5.74, 6) is -0.427. The summed E-state index contributed by atoms with van der Waals surface area (Å²) in [6.07, 6.45) is 0. The predicted molar refractivity (Wildman–Crippen MR) is 125 cm³/mol. The number of morpholine rings is 1. The minimum absolute atomic E-state index is 0.0327. The van der Waals surface area contributed by atoms with Crippen LogP contribution < -0.4 is 15.5 Å². The summed E-state index contributed by atoms with van der Waals surface area (Å²) in [7, 11) is 0. The Labute approximate surface area is 188 Å². The molecule has 0 radical (unpaired) electrons. The number of nitrogens with one attached hydrogen (secondary N) is 2. The van der Waals surface area contributed by atoms with Crippen molar-refractivity contribution in [2.45, 2.75) is 0 Å². The fourth-order valence-electron chi connectivity index (χ4n) is 3.63. The lowest BCUT2D eigenvalue weighted by atomic mass is 10.1. The Balaban J connectivity index is 1.58. The van der Waals surface area contributed by atoms with Gasteiger partial charge in [0.15, 0.2) is 5.11 Å². The summed E-state index contributed by atoms with van der Waals surface area (Å²) in [5.41, 5.74) is 1.15. The highest BCUT2D eigenvalue weighted by Crippen LogP contribution is 2.30. The lowest BCUT2D eigenvalue weighted by Gasteiger charge is -2.30. The molecule has 10 heteroatoms. The second kappa shape index (κ2) is 9.16. The number of ether oxygens (including phenoxy) is 1. The molecule has 0 spiro atoms. The molecule has 4 rings (SSSR count). The normalized spacial score (nSPS) is 13.6. The Morgan fingerprint density at radius 3 is 2.56 bits per heavy atom. The number of hydrogen-bond acceptors (Lipinski definition) is 7. The third-order valence-electron chi connectivity index (χ3n) is 5.16. The monoisotopic (exact) mass is 452 g/mol. The smallest absolute Gasteiger partial charge is 0.270 e. The van der Waals surface area contributed by atoms with Gasteiger partial charge in [-0.1, -0.05) is 24.3 Å². The summed E-state index contributed by atoms with van der Waals surface area (Å²) in [6.45, 7) is 2.15. The Morgan fingerprint density at radius 1 is 1.09 bits per heavy atom. The van der Waals surface area contributed by atoms with E-state index in [-0.39, 0.29) is 22.1 Å². The number of phenolic OH excluding ortho intramolecular Hbond substituents is 1. The van der Waals surface area contributed by atoms with Crippen molar-refractivity contribution in [1.82, 2.24) is 5.32 Å². The molecule has 164 valence electrons. The first kappa shape index (κ1) is 21.5. The van der Waals surface area contributed by atoms with Gasteiger partial charge in [0.1, 0.15) is 5.75 Å². The number of nitrogens with zero attached hydrogens (tertiary/aromatic N) is 2. The zero-order valence-corrected chi connectivity index (χ0v) is 17.7. The quantitative estimate of drug-likeness (QED) is 0.313. The topological polar surface area (TPSA) is 117 Å². The van der Waals surface area contributed by atoms with Gasteiger partial charge in [0.2, 0.25) is 0 Å². The molecule has 1 heterocycles. The summed E-state index contributed by atoms with van der Waals surface area (Å²) < 4.78 is 5.36. The van der Waals surface area contributed by atoms with Crippen molar-refractivity contribution in [3.05, 3.63) is 70.3 Å². The highest BCUT2D eigenvalue weighted by atomic mass is 32.1. The number of benzene rings is 3. The van der Waals surface area contributed by atoms with Crippen LogP contribution in [-0.4, -0.2) is 47.4 Å². The molecule has 0 atom stereocenters. The lowest BCUT2D eigenvalue weighted by molar-refractivity contribution is -0.384. The summed E-state index contributed by atoms with van der Waals surface area (Å²) in [5, 5.41) is 28.3. The van der Waals surface area contributed by atoms with E-state index in [4.69, 9.17) is 17.0 Å². The fraction of sp³-hybridized carbons (Fsp3) is 0.182. The van der Waals surface area contributed by atoms with Gasteiger partial charge in [0.25, 0.3) is 11.6 Å². The van der Waals surface area contributed by atoms with E-state index in [2.05, 4.69) is 10.6 Å². The minimum Gasteiger partial charge on any atom is -0.507 e. The van der Waals surface area contributed by atoms with Gasteiger partial charge in [0.05, 0.1) is 29.4 Å². The Kier molecular flexibility index (Phi) is 6.15. The van der Waals surface area contributed by atoms with Crippen LogP contribution >= 0.6 is 12.2 Å². The zero-order chi connectivity index (χ0) is 22.7. The average Bonchev–Trinajstić information content (AvgIpc) is 2.80. The number of carbonyl (C=O) groups excluding carboxylic acids is 1. The highest BCUT2D eigenvalue weighted by Gasteiger charge is 2.22. The number of aromatic hydroxyl groups is 1. The summed E-state index contributed by atoms with van der Waals surface area (Å²) in [4.78, 5) is 25.7. The maximum absolute atomic E-state index is 13.0. The van der Waals surface area contributed by atoms with Gasteiger partial charge in [-0.2, -0.15) is 0 Å². The van der Waals surface area contributed by atoms with E-state index in [1.807, 2.05) is 11.0 Å². The molecule has 0 aliphatic carbocycles. The molecule has 0 saturated carbocycles. The summed E-state index contributed by atoms with van der Waals surface area (Å²) in [6, 6.07) is 14.6. The van der Waals surface area contributed by atoms with Gasteiger partial charge in [-0.05, 0) is 30.4 Å². The molecule has 9 nitrogen and oxygen atoms in total. The van der Waals surface area contributed by atoms with Gasteiger partial charge < -0.3 is 20.1 Å². The van der Waals surface area contributed by atoms with Crippen molar-refractivity contribution in [3.63, 3.8) is 0 Å². The van der Waals surface area contributed by atoms with Gasteiger partial charge >= 0.3 is 0 Å². The largest absolute Gasteiger partial charge is 0.507 e. The molecule has 0 aromatic heterocycles. The maximum Gasteiger partial charge on any atom is 0.270 e. The van der Waals surface area contributed by atoms with Crippen molar-refractivity contribution in [1.29, 1.82) is 0 Å². The molecule has 32 heavy (non-hydrogen) atoms. The molecule has 1 aliphatic rings. The number of anilines is 2. The molecule has 1 amide bonds. The van der Waals surface area contributed by atoms with Crippen molar-refractivity contribution in [2.24, 2.45) is 0 Å². The molecule has 1 aliphatic heterocycles. The number of amides is 1. The second-order valence-corrected chi connectivity index (χ2v) is 7.55. The predicted octanol–water partition coefficient (Wildman–Crippen LogP) is 3.42. The molecular formula is C22H20N4O5S. The molecule has 1 fully saturated rings. The van der Waals surface area contributed by atoms with E-state index < -0.39 is 10.8 Å². The van der Waals surface area contributed by atoms with Gasteiger partial charge in [-0.25, -0.2) is 0 Å². The van der Waals surface area contributed by atoms with E-state index in [0.717, 1.165) is 5.39 Å². The number of non-ortho nitro benzene ring substituents is 1. The minimum atomic E-state index is -0.559. The zero-order valence-electron chi connectivity index (χ0n) is 16.9. The molecule has 3 aromatic rings. The fourth-order valence-corrected chi connectivity index (χ4v) is 3.83. The van der Waals surface area contributed by atoms with Crippen LogP contribution in [0.1, 0.15) is 10.4 Å². The van der Waals surface area contributed by atoms with Crippen molar-refractivity contribution < 1.29 is 19.6 Å². The number of nitro groups is 1. The van der Waals surface area contributed by atoms with Crippen LogP contribution in [0.3, 0.4) is 0 Å². The van der Waals surface area contributed by atoms with E-state index in [1.54, 1.807) is 36.4 Å². The van der Waals surface area contributed by atoms with Crippen molar-refractivity contribution in [2.75, 3.05) is 36.5 Å². The molecule has 3 N–H and O–H groups in total. The maximum atomic E-state index is 13.0. The highest BCUT2D eigenvalue weighted by molar-refractivity contribution is 7.80. The first-order chi connectivity index (χ1) is 15.4. The first-order valence-corrected chi connectivity index (χ1v) is 10.3. The molecule has 0 unspecified atom stereocenters. The number of fused-ring (bicyclic) bond motifs is 1. The molecule has 0 bridgehead atoms. The van der Waals surface area contributed by atoms with Gasteiger partial charge in [-0.15, -0.1) is 0 Å². The van der Waals surface area contributed by atoms with Crippen molar-refractivity contribution >= 4 is 51.1 Å². The second-order valence-electron chi connectivity index (χ2n) is 7.14. The Hall–Kier alpha value is -3.76. The number of hydrogen-bond donors (Lipinski definition) is 3. The van der Waals surface area contributed by atoms with Crippen molar-refractivity contribution in [3.8, 4) is 5.75 Å². The molecule has 3 aromatic carbocycles. The van der Waals surface area contributed by atoms with E-state index in [9.17, 15) is 20.0 Å². The Morgan fingerprint density at radius 2 is 1.81 bits per heavy atom. The standard InChI is InChI=1S/C22H20N4O5S/c27-20-6-2-3-15-16(20)4-1-5-18(15)23-22(32)24-21(28)17-13-14(26(29)30)7-8-19(17)25-9-11-31-12-10-25/h1-8,13,27H,9-12H2,(H2,23,24,28,32). The van der Waals surface area contributed by atoms with E-state index >= 15 is 0 Å². The Bertz CT molecular complexity index is 1210. The van der Waals surface area contributed by atoms with Crippen LogP contribution in [0.5, 0.6) is 5.75 Å². The number of carbonyl (C=O) groups is 1. The third kappa shape index (κ3) is 4.46. The van der Waals surface area contributed by atoms with E-state index in [0.29, 0.717) is 43.1 Å². The lowest BCUT2D eigenvalue weighted by Crippen LogP contribution is -2.39. The molecule has 1 saturated heterocycles. The molecular weight excluding hydrogens is 432 g/mol. The first-order valence-electron chi connectivity index (χ1n) is 9.88. The summed E-state index contributed by atoms with van der Waals surface area (Å²) >= 11 is 5.32.